The average molecular weight is 457 g/mol. The second-order valence-electron chi connectivity index (χ2n) is 9.00. The van der Waals surface area contributed by atoms with Gasteiger partial charge in [-0.3, -0.25) is 4.79 Å². The number of benzene rings is 2. The van der Waals surface area contributed by atoms with Gasteiger partial charge in [0.15, 0.2) is 0 Å². The molecule has 2 aromatic carbocycles. The first kappa shape index (κ1) is 22.5. The van der Waals surface area contributed by atoms with Gasteiger partial charge in [0.25, 0.3) is 0 Å². The fourth-order valence-corrected chi connectivity index (χ4v) is 6.21. The Balaban J connectivity index is 1.93. The number of rotatable bonds is 5. The molecule has 0 bridgehead atoms. The van der Waals surface area contributed by atoms with Crippen LogP contribution in [0.15, 0.2) is 63.2 Å². The summed E-state index contributed by atoms with van der Waals surface area (Å²) in [5.74, 6) is 0.406. The Bertz CT molecular complexity index is 1290. The van der Waals surface area contributed by atoms with Gasteiger partial charge >= 0.3 is 0 Å². The predicted molar refractivity (Wildman–Crippen MR) is 126 cm³/mol. The van der Waals surface area contributed by atoms with Crippen LogP contribution in [0.1, 0.15) is 33.6 Å². The van der Waals surface area contributed by atoms with Gasteiger partial charge in [-0.25, -0.2) is 12.8 Å². The van der Waals surface area contributed by atoms with E-state index >= 15 is 4.39 Å². The zero-order chi connectivity index (χ0) is 23.0. The van der Waals surface area contributed by atoms with Gasteiger partial charge in [0.1, 0.15) is 10.7 Å². The lowest BCUT2D eigenvalue weighted by atomic mass is 9.91. The van der Waals surface area contributed by atoms with E-state index in [-0.39, 0.29) is 15.2 Å². The third-order valence-corrected chi connectivity index (χ3v) is 7.90. The molecule has 1 aromatic heterocycles. The van der Waals surface area contributed by atoms with Gasteiger partial charge in [-0.2, -0.15) is 0 Å². The molecule has 0 spiro atoms. The Hall–Kier alpha value is -2.67. The van der Waals surface area contributed by atoms with Crippen molar-refractivity contribution in [2.45, 2.75) is 49.9 Å². The van der Waals surface area contributed by atoms with Gasteiger partial charge in [0.05, 0.1) is 21.5 Å². The van der Waals surface area contributed by atoms with Crippen molar-refractivity contribution in [3.05, 3.63) is 64.7 Å². The highest BCUT2D eigenvalue weighted by atomic mass is 32.2. The summed E-state index contributed by atoms with van der Waals surface area (Å²) in [6, 6.07) is 10.8. The Morgan fingerprint density at radius 1 is 1.06 bits per heavy atom. The molecular weight excluding hydrogens is 427 g/mol. The number of aryl methyl sites for hydroxylation is 1. The highest BCUT2D eigenvalue weighted by Gasteiger charge is 2.27. The van der Waals surface area contributed by atoms with Crippen molar-refractivity contribution in [2.75, 3.05) is 18.0 Å². The molecule has 32 heavy (non-hydrogen) atoms. The van der Waals surface area contributed by atoms with Crippen LogP contribution in [-0.2, 0) is 16.4 Å². The van der Waals surface area contributed by atoms with E-state index in [4.69, 9.17) is 0 Å². The van der Waals surface area contributed by atoms with Crippen LogP contribution in [0.4, 0.5) is 10.1 Å². The maximum absolute atomic E-state index is 15.3. The fraction of sp³-hybridized carbons (Fsp3) is 0.400. The molecule has 0 N–H and O–H groups in total. The van der Waals surface area contributed by atoms with Crippen molar-refractivity contribution in [1.82, 2.24) is 4.57 Å². The van der Waals surface area contributed by atoms with Crippen LogP contribution in [-0.4, -0.2) is 26.1 Å². The summed E-state index contributed by atoms with van der Waals surface area (Å²) in [5.41, 5.74) is 0.368. The summed E-state index contributed by atoms with van der Waals surface area (Å²) >= 11 is 0. The Morgan fingerprint density at radius 2 is 1.72 bits per heavy atom. The van der Waals surface area contributed by atoms with Crippen molar-refractivity contribution in [3.8, 4) is 0 Å². The molecule has 5 nitrogen and oxygen atoms in total. The summed E-state index contributed by atoms with van der Waals surface area (Å²) in [5, 5.41) is 0.0924. The molecule has 4 rings (SSSR count). The number of hydrogen-bond acceptors (Lipinski definition) is 4. The number of piperidine rings is 1. The number of anilines is 1. The quantitative estimate of drug-likeness (QED) is 0.550. The molecule has 1 fully saturated rings. The lowest BCUT2D eigenvalue weighted by molar-refractivity contribution is 0.354. The molecule has 1 aliphatic rings. The van der Waals surface area contributed by atoms with Gasteiger partial charge in [0, 0.05) is 25.8 Å². The van der Waals surface area contributed by atoms with Gasteiger partial charge in [-0.05, 0) is 48.9 Å². The Labute approximate surface area is 188 Å². The second-order valence-corrected chi connectivity index (χ2v) is 10.9. The Kier molecular flexibility index (Phi) is 6.12. The van der Waals surface area contributed by atoms with Crippen LogP contribution in [0.25, 0.3) is 10.9 Å². The topological polar surface area (TPSA) is 59.4 Å². The first-order valence-corrected chi connectivity index (χ1v) is 12.6. The van der Waals surface area contributed by atoms with Gasteiger partial charge in [-0.15, -0.1) is 0 Å². The van der Waals surface area contributed by atoms with Crippen LogP contribution in [0, 0.1) is 17.7 Å². The predicted octanol–water partition coefficient (Wildman–Crippen LogP) is 4.87. The maximum atomic E-state index is 15.3. The zero-order valence-electron chi connectivity index (χ0n) is 18.7. The van der Waals surface area contributed by atoms with Crippen LogP contribution in [0.5, 0.6) is 0 Å². The largest absolute Gasteiger partial charge is 0.369 e. The summed E-state index contributed by atoms with van der Waals surface area (Å²) in [6.07, 6.45) is 3.26. The SMILES string of the molecule is CCCn1cc(S(=O)(=O)c2ccccc2)c(=O)c2cc(F)c(N3CC(C)CC(C)C3)cc21. The lowest BCUT2D eigenvalue weighted by Gasteiger charge is -2.37. The smallest absolute Gasteiger partial charge is 0.211 e. The van der Waals surface area contributed by atoms with Crippen molar-refractivity contribution in [3.63, 3.8) is 0 Å². The lowest BCUT2D eigenvalue weighted by Crippen LogP contribution is -2.39. The standard InChI is InChI=1S/C25H29FN2O3S/c1-4-10-27-16-24(32(30,31)19-8-6-5-7-9-19)25(29)20-12-21(26)23(13-22(20)27)28-14-17(2)11-18(3)15-28/h5-9,12-13,16-18H,4,10-11,14-15H2,1-3H3. The number of fused-ring (bicyclic) bond motifs is 1. The molecule has 2 heterocycles. The van der Waals surface area contributed by atoms with E-state index in [2.05, 4.69) is 13.8 Å². The highest BCUT2D eigenvalue weighted by Crippen LogP contribution is 2.31. The van der Waals surface area contributed by atoms with E-state index in [1.807, 2.05) is 11.8 Å². The Morgan fingerprint density at radius 3 is 2.34 bits per heavy atom. The molecular formula is C25H29FN2O3S. The number of pyridine rings is 1. The van der Waals surface area contributed by atoms with Gasteiger partial charge in [0.2, 0.25) is 15.3 Å². The number of sulfone groups is 1. The van der Waals surface area contributed by atoms with Gasteiger partial charge in [-0.1, -0.05) is 39.0 Å². The minimum atomic E-state index is -4.03. The van der Waals surface area contributed by atoms with Crippen LogP contribution in [0.3, 0.4) is 0 Å². The van der Waals surface area contributed by atoms with Gasteiger partial charge < -0.3 is 9.47 Å². The maximum Gasteiger partial charge on any atom is 0.211 e. The van der Waals surface area contributed by atoms with E-state index in [0.29, 0.717) is 29.6 Å². The van der Waals surface area contributed by atoms with Crippen molar-refractivity contribution in [2.24, 2.45) is 11.8 Å². The summed E-state index contributed by atoms with van der Waals surface area (Å²) in [4.78, 5) is 15.0. The van der Waals surface area contributed by atoms with Crippen LogP contribution in [0.2, 0.25) is 0 Å². The third-order valence-electron chi connectivity index (χ3n) is 6.13. The number of aromatic nitrogens is 1. The van der Waals surface area contributed by atoms with E-state index in [0.717, 1.165) is 25.9 Å². The van der Waals surface area contributed by atoms with E-state index in [1.165, 1.54) is 24.4 Å². The van der Waals surface area contributed by atoms with Crippen molar-refractivity contribution in [1.29, 1.82) is 0 Å². The van der Waals surface area contributed by atoms with Crippen LogP contribution < -0.4 is 10.3 Å². The molecule has 0 aliphatic carbocycles. The minimum absolute atomic E-state index is 0.0490. The first-order chi connectivity index (χ1) is 15.2. The molecule has 2 atom stereocenters. The van der Waals surface area contributed by atoms with E-state index in [9.17, 15) is 13.2 Å². The fourth-order valence-electron chi connectivity index (χ4n) is 4.82. The third kappa shape index (κ3) is 4.06. The molecule has 1 aliphatic heterocycles. The van der Waals surface area contributed by atoms with Crippen molar-refractivity contribution < 1.29 is 12.8 Å². The molecule has 0 amide bonds. The van der Waals surface area contributed by atoms with Crippen LogP contribution >= 0.6 is 0 Å². The second kappa shape index (κ2) is 8.70. The summed E-state index contributed by atoms with van der Waals surface area (Å²) in [7, 11) is -4.03. The highest BCUT2D eigenvalue weighted by molar-refractivity contribution is 7.91. The first-order valence-electron chi connectivity index (χ1n) is 11.1. The number of nitrogens with zero attached hydrogens (tertiary/aromatic N) is 2. The zero-order valence-corrected chi connectivity index (χ0v) is 19.5. The minimum Gasteiger partial charge on any atom is -0.369 e. The molecule has 2 unspecified atom stereocenters. The van der Waals surface area contributed by atoms with Crippen molar-refractivity contribution >= 4 is 26.4 Å². The molecule has 3 aromatic rings. The monoisotopic (exact) mass is 456 g/mol. The molecule has 0 saturated carbocycles. The number of halogens is 1. The summed E-state index contributed by atoms with van der Waals surface area (Å²) < 4.78 is 43.5. The molecule has 0 radical (unpaired) electrons. The molecule has 170 valence electrons. The number of hydrogen-bond donors (Lipinski definition) is 0. The van der Waals surface area contributed by atoms with E-state index in [1.54, 1.807) is 28.8 Å². The molecule has 7 heteroatoms. The average Bonchev–Trinajstić information content (AvgIpc) is 2.75. The summed E-state index contributed by atoms with van der Waals surface area (Å²) in [6.45, 7) is 8.33. The van der Waals surface area contributed by atoms with E-state index < -0.39 is 21.1 Å². The molecule has 1 saturated heterocycles. The normalized spacial score (nSPS) is 19.4.